The van der Waals surface area contributed by atoms with Gasteiger partial charge in [-0.3, -0.25) is 4.90 Å². The van der Waals surface area contributed by atoms with E-state index in [0.29, 0.717) is 29.6 Å². The monoisotopic (exact) mass is 549 g/mol. The van der Waals surface area contributed by atoms with Gasteiger partial charge in [-0.25, -0.2) is 14.5 Å². The maximum Gasteiger partial charge on any atom is 0.212 e. The number of nitriles is 1. The van der Waals surface area contributed by atoms with Gasteiger partial charge in [0.15, 0.2) is 0 Å². The van der Waals surface area contributed by atoms with Crippen molar-refractivity contribution in [3.8, 4) is 23.1 Å². The molecule has 41 heavy (non-hydrogen) atoms. The zero-order chi connectivity index (χ0) is 28.1. The number of hydrogen-bond acceptors (Lipinski definition) is 9. The van der Waals surface area contributed by atoms with Crippen molar-refractivity contribution in [2.24, 2.45) is 0 Å². The Morgan fingerprint density at radius 1 is 1.02 bits per heavy atom. The van der Waals surface area contributed by atoms with E-state index in [-0.39, 0.29) is 0 Å². The first-order valence-electron chi connectivity index (χ1n) is 14.3. The van der Waals surface area contributed by atoms with Crippen LogP contribution in [-0.4, -0.2) is 94.9 Å². The Morgan fingerprint density at radius 2 is 1.88 bits per heavy atom. The number of piperazine rings is 1. The number of methoxy groups -OCH3 is 1. The molecule has 4 aromatic rings. The number of hydrogen-bond donors (Lipinski definition) is 0. The van der Waals surface area contributed by atoms with Gasteiger partial charge in [0.05, 0.1) is 36.3 Å². The molecule has 3 atom stereocenters. The summed E-state index contributed by atoms with van der Waals surface area (Å²) < 4.78 is 7.05. The standard InChI is InChI=1S/C31H35N9O/c1-36(2)24-8-9-37(17-24)25-11-28(31-23(12-32)15-35-40(31)20-25)22-5-6-29(33-14-22)38-18-26-10-27(19-38)39(26)16-21-4-7-30(41-3)34-13-21/h4-7,11,13-15,20,24,26-27H,8-10,16-19H2,1-3H3. The summed E-state index contributed by atoms with van der Waals surface area (Å²) >= 11 is 0. The molecular weight excluding hydrogens is 514 g/mol. The summed E-state index contributed by atoms with van der Waals surface area (Å²) in [6.07, 6.45) is 9.94. The second-order valence-corrected chi connectivity index (χ2v) is 11.7. The Bertz CT molecular complexity index is 1580. The van der Waals surface area contributed by atoms with Crippen LogP contribution in [0, 0.1) is 11.3 Å². The van der Waals surface area contributed by atoms with Gasteiger partial charge in [0.2, 0.25) is 5.88 Å². The normalized spacial score (nSPS) is 22.3. The third kappa shape index (κ3) is 4.65. The van der Waals surface area contributed by atoms with Crippen molar-refractivity contribution >= 4 is 17.0 Å². The maximum atomic E-state index is 9.80. The number of nitrogens with zero attached hydrogens (tertiary/aromatic N) is 9. The molecule has 0 amide bonds. The zero-order valence-electron chi connectivity index (χ0n) is 23.8. The number of pyridine rings is 3. The first-order valence-corrected chi connectivity index (χ1v) is 14.3. The Morgan fingerprint density at radius 3 is 2.54 bits per heavy atom. The molecule has 10 heteroatoms. The van der Waals surface area contributed by atoms with Gasteiger partial charge < -0.3 is 19.4 Å². The predicted molar refractivity (Wildman–Crippen MR) is 158 cm³/mol. The van der Waals surface area contributed by atoms with Crippen molar-refractivity contribution in [2.75, 3.05) is 57.2 Å². The quantitative estimate of drug-likeness (QED) is 0.345. The van der Waals surface area contributed by atoms with Crippen LogP contribution in [0.3, 0.4) is 0 Å². The van der Waals surface area contributed by atoms with Crippen molar-refractivity contribution in [3.05, 3.63) is 66.2 Å². The van der Waals surface area contributed by atoms with E-state index in [1.54, 1.807) is 13.3 Å². The number of aromatic nitrogens is 4. The molecule has 0 spiro atoms. The van der Waals surface area contributed by atoms with Crippen LogP contribution in [0.1, 0.15) is 24.0 Å². The summed E-state index contributed by atoms with van der Waals surface area (Å²) in [5.74, 6) is 1.65. The van der Waals surface area contributed by atoms with Crippen molar-refractivity contribution in [1.29, 1.82) is 5.26 Å². The highest BCUT2D eigenvalue weighted by Gasteiger charge is 2.44. The number of anilines is 2. The van der Waals surface area contributed by atoms with Crippen molar-refractivity contribution in [3.63, 3.8) is 0 Å². The van der Waals surface area contributed by atoms with E-state index in [2.05, 4.69) is 74.1 Å². The minimum atomic E-state index is 0.519. The molecule has 4 aliphatic rings. The fourth-order valence-corrected chi connectivity index (χ4v) is 6.68. The molecule has 4 aromatic heterocycles. The van der Waals surface area contributed by atoms with Crippen molar-refractivity contribution < 1.29 is 4.74 Å². The Labute approximate surface area is 240 Å². The summed E-state index contributed by atoms with van der Waals surface area (Å²) in [6, 6.07) is 14.4. The second kappa shape index (κ2) is 10.3. The highest BCUT2D eigenvalue weighted by atomic mass is 16.5. The van der Waals surface area contributed by atoms with Crippen LogP contribution < -0.4 is 14.5 Å². The number of fused-ring (bicyclic) bond motifs is 3. The van der Waals surface area contributed by atoms with Crippen LogP contribution in [0.15, 0.2) is 55.1 Å². The van der Waals surface area contributed by atoms with Crippen LogP contribution in [0.2, 0.25) is 0 Å². The van der Waals surface area contributed by atoms with Gasteiger partial charge >= 0.3 is 0 Å². The molecule has 8 heterocycles. The average molecular weight is 550 g/mol. The Balaban J connectivity index is 1.10. The van der Waals surface area contributed by atoms with E-state index in [0.717, 1.165) is 67.3 Å². The Kier molecular flexibility index (Phi) is 6.48. The predicted octanol–water partition coefficient (Wildman–Crippen LogP) is 3.27. The van der Waals surface area contributed by atoms with Crippen molar-refractivity contribution in [1.82, 2.24) is 29.4 Å². The molecule has 8 rings (SSSR count). The molecule has 3 unspecified atom stereocenters. The van der Waals surface area contributed by atoms with E-state index >= 15 is 0 Å². The highest BCUT2D eigenvalue weighted by Crippen LogP contribution is 2.37. The molecule has 10 nitrogen and oxygen atoms in total. The molecule has 0 aliphatic carbocycles. The summed E-state index contributed by atoms with van der Waals surface area (Å²) in [6.45, 7) is 4.83. The molecule has 0 aromatic carbocycles. The lowest BCUT2D eigenvalue weighted by molar-refractivity contribution is -0.00876. The van der Waals surface area contributed by atoms with E-state index in [4.69, 9.17) is 9.72 Å². The zero-order valence-corrected chi connectivity index (χ0v) is 23.8. The first-order chi connectivity index (χ1) is 20.0. The molecule has 0 radical (unpaired) electrons. The number of likely N-dealkylation sites (N-methyl/N-ethyl adjacent to an activating group) is 1. The summed E-state index contributed by atoms with van der Waals surface area (Å²) in [5, 5.41) is 14.3. The fourth-order valence-electron chi connectivity index (χ4n) is 6.68. The van der Waals surface area contributed by atoms with Gasteiger partial charge in [-0.05, 0) is 50.7 Å². The number of piperidine rings is 1. The van der Waals surface area contributed by atoms with Gasteiger partial charge in [-0.15, -0.1) is 0 Å². The molecule has 0 N–H and O–H groups in total. The summed E-state index contributed by atoms with van der Waals surface area (Å²) in [5.41, 5.74) is 5.73. The number of rotatable bonds is 7. The van der Waals surface area contributed by atoms with E-state index < -0.39 is 0 Å². The third-order valence-electron chi connectivity index (χ3n) is 9.08. The topological polar surface area (TPSA) is 89.1 Å². The van der Waals surface area contributed by atoms with Crippen LogP contribution >= 0.6 is 0 Å². The van der Waals surface area contributed by atoms with Gasteiger partial charge in [0.25, 0.3) is 0 Å². The SMILES string of the molecule is COc1ccc(CN2C3CC2CN(c2ccc(-c4cc(N5CCC(N(C)C)C5)cn5ncc(C#N)c45)cn2)C3)cn1. The average Bonchev–Trinajstić information content (AvgIpc) is 3.68. The smallest absolute Gasteiger partial charge is 0.212 e. The number of ether oxygens (including phenoxy) is 1. The summed E-state index contributed by atoms with van der Waals surface area (Å²) in [7, 11) is 5.93. The minimum Gasteiger partial charge on any atom is -0.481 e. The van der Waals surface area contributed by atoms with Crippen LogP contribution in [-0.2, 0) is 6.54 Å². The molecule has 0 saturated carbocycles. The second-order valence-electron chi connectivity index (χ2n) is 11.7. The van der Waals surface area contributed by atoms with E-state index in [9.17, 15) is 5.26 Å². The van der Waals surface area contributed by atoms with Gasteiger partial charge in [0.1, 0.15) is 11.9 Å². The van der Waals surface area contributed by atoms with Crippen LogP contribution in [0.25, 0.3) is 16.6 Å². The molecule has 2 bridgehead atoms. The van der Waals surface area contributed by atoms with Crippen LogP contribution in [0.5, 0.6) is 5.88 Å². The van der Waals surface area contributed by atoms with Gasteiger partial charge in [-0.1, -0.05) is 6.07 Å². The molecule has 4 fully saturated rings. The van der Waals surface area contributed by atoms with Crippen LogP contribution in [0.4, 0.5) is 11.5 Å². The first kappa shape index (κ1) is 25.7. The minimum absolute atomic E-state index is 0.519. The Hall–Kier alpha value is -4.20. The fraction of sp³-hybridized carbons (Fsp3) is 0.419. The molecule has 4 aliphatic heterocycles. The van der Waals surface area contributed by atoms with Gasteiger partial charge in [-0.2, -0.15) is 10.4 Å². The maximum absolute atomic E-state index is 9.80. The van der Waals surface area contributed by atoms with Gasteiger partial charge in [0, 0.05) is 80.4 Å². The lowest BCUT2D eigenvalue weighted by atomic mass is 9.87. The lowest BCUT2D eigenvalue weighted by Gasteiger charge is -2.56. The largest absolute Gasteiger partial charge is 0.481 e. The highest BCUT2D eigenvalue weighted by molar-refractivity contribution is 5.86. The van der Waals surface area contributed by atoms with E-state index in [1.807, 2.05) is 29.2 Å². The van der Waals surface area contributed by atoms with E-state index in [1.165, 1.54) is 12.0 Å². The molecular formula is C31H35N9O. The summed E-state index contributed by atoms with van der Waals surface area (Å²) in [4.78, 5) is 19.0. The molecule has 210 valence electrons. The third-order valence-corrected chi connectivity index (χ3v) is 9.08. The molecule has 4 saturated heterocycles. The lowest BCUT2D eigenvalue weighted by Crippen LogP contribution is -2.68. The van der Waals surface area contributed by atoms with Crippen molar-refractivity contribution in [2.45, 2.75) is 37.5 Å².